The SMILES string of the molecule is C.N#Cc1ccc(N2C(=O)N(c3ccc(C(N)=O)nc3)[C@H]3CCCC[C@@H]32)cc1C(F)(F)F. The van der Waals surface area contributed by atoms with Crippen LogP contribution in [0.2, 0.25) is 0 Å². The van der Waals surface area contributed by atoms with Crippen LogP contribution in [0.5, 0.6) is 0 Å². The smallest absolute Gasteiger partial charge is 0.364 e. The maximum Gasteiger partial charge on any atom is 0.417 e. The summed E-state index contributed by atoms with van der Waals surface area (Å²) in [5.41, 5.74) is 4.24. The molecule has 32 heavy (non-hydrogen) atoms. The van der Waals surface area contributed by atoms with Crippen molar-refractivity contribution in [2.24, 2.45) is 5.73 Å². The lowest BCUT2D eigenvalue weighted by Crippen LogP contribution is -2.40. The molecule has 7 nitrogen and oxygen atoms in total. The topological polar surface area (TPSA) is 103 Å². The van der Waals surface area contributed by atoms with Crippen LogP contribution in [-0.4, -0.2) is 29.0 Å². The number of hydrogen-bond donors (Lipinski definition) is 1. The lowest BCUT2D eigenvalue weighted by Gasteiger charge is -2.31. The predicted molar refractivity (Wildman–Crippen MR) is 112 cm³/mol. The van der Waals surface area contributed by atoms with E-state index in [1.54, 1.807) is 12.1 Å². The second-order valence-electron chi connectivity index (χ2n) is 7.55. The number of urea groups is 1. The van der Waals surface area contributed by atoms with E-state index in [0.29, 0.717) is 18.5 Å². The van der Waals surface area contributed by atoms with E-state index in [1.807, 2.05) is 0 Å². The molecule has 3 amide bonds. The predicted octanol–water partition coefficient (Wildman–Crippen LogP) is 4.46. The molecule has 2 N–H and O–H groups in total. The molecule has 2 aromatic rings. The molecule has 0 radical (unpaired) electrons. The number of aromatic nitrogens is 1. The Morgan fingerprint density at radius 1 is 1.09 bits per heavy atom. The zero-order chi connectivity index (χ0) is 22.3. The quantitative estimate of drug-likeness (QED) is 0.753. The van der Waals surface area contributed by atoms with Gasteiger partial charge in [0, 0.05) is 5.69 Å². The summed E-state index contributed by atoms with van der Waals surface area (Å²) in [5.74, 6) is -0.700. The third-order valence-corrected chi connectivity index (χ3v) is 5.76. The van der Waals surface area contributed by atoms with Crippen molar-refractivity contribution in [3.63, 3.8) is 0 Å². The van der Waals surface area contributed by atoms with E-state index < -0.39 is 29.2 Å². The second-order valence-corrected chi connectivity index (χ2v) is 7.55. The highest BCUT2D eigenvalue weighted by Crippen LogP contribution is 2.41. The molecule has 1 aliphatic heterocycles. The molecular formula is C22H22F3N5O2. The minimum absolute atomic E-state index is 0. The van der Waals surface area contributed by atoms with E-state index in [2.05, 4.69) is 4.98 Å². The van der Waals surface area contributed by atoms with E-state index >= 15 is 0 Å². The van der Waals surface area contributed by atoms with Crippen LogP contribution in [0.3, 0.4) is 0 Å². The number of halogens is 3. The van der Waals surface area contributed by atoms with Crippen molar-refractivity contribution in [2.45, 2.75) is 51.4 Å². The molecular weight excluding hydrogens is 423 g/mol. The highest BCUT2D eigenvalue weighted by atomic mass is 19.4. The number of carbonyl (C=O) groups is 2. The molecule has 0 unspecified atom stereocenters. The maximum absolute atomic E-state index is 13.5. The Morgan fingerprint density at radius 2 is 1.69 bits per heavy atom. The standard InChI is InChI=1S/C21H18F3N5O2.CH4/c22-21(23,24)15-9-13(6-5-12(15)10-25)28-17-3-1-2-4-18(17)29(20(28)31)14-7-8-16(19(26)30)27-11-14;/h5-9,11,17-18H,1-4H2,(H2,26,30);1H4/t17-,18-;/m0./s1. The highest BCUT2D eigenvalue weighted by molar-refractivity contribution is 6.07. The molecule has 2 atom stereocenters. The number of primary amides is 1. The Morgan fingerprint density at radius 3 is 2.19 bits per heavy atom. The normalized spacial score (nSPS) is 20.4. The number of nitrogens with two attached hydrogens (primary N) is 1. The van der Waals surface area contributed by atoms with Gasteiger partial charge in [-0.05, 0) is 43.2 Å². The van der Waals surface area contributed by atoms with E-state index in [-0.39, 0.29) is 30.9 Å². The lowest BCUT2D eigenvalue weighted by molar-refractivity contribution is -0.137. The summed E-state index contributed by atoms with van der Waals surface area (Å²) in [6, 6.07) is 6.82. The Labute approximate surface area is 183 Å². The van der Waals surface area contributed by atoms with Crippen molar-refractivity contribution in [3.8, 4) is 6.07 Å². The highest BCUT2D eigenvalue weighted by Gasteiger charge is 2.48. The number of hydrogen-bond acceptors (Lipinski definition) is 4. The molecule has 1 saturated carbocycles. The van der Waals surface area contributed by atoms with Gasteiger partial charge in [0.05, 0.1) is 41.2 Å². The molecule has 1 saturated heterocycles. The minimum Gasteiger partial charge on any atom is -0.364 e. The molecule has 2 aliphatic rings. The number of rotatable bonds is 3. The maximum atomic E-state index is 13.5. The van der Waals surface area contributed by atoms with Crippen molar-refractivity contribution < 1.29 is 22.8 Å². The average Bonchev–Trinajstić information content (AvgIpc) is 3.04. The monoisotopic (exact) mass is 445 g/mol. The van der Waals surface area contributed by atoms with Crippen LogP contribution in [0.15, 0.2) is 36.5 Å². The van der Waals surface area contributed by atoms with Gasteiger partial charge < -0.3 is 5.73 Å². The first-order valence-electron chi connectivity index (χ1n) is 9.72. The van der Waals surface area contributed by atoms with Crippen LogP contribution >= 0.6 is 0 Å². The molecule has 4 rings (SSSR count). The van der Waals surface area contributed by atoms with E-state index in [9.17, 15) is 22.8 Å². The van der Waals surface area contributed by atoms with Gasteiger partial charge in [-0.25, -0.2) is 9.78 Å². The van der Waals surface area contributed by atoms with Crippen LogP contribution < -0.4 is 15.5 Å². The van der Waals surface area contributed by atoms with Gasteiger partial charge >= 0.3 is 12.2 Å². The lowest BCUT2D eigenvalue weighted by atomic mass is 9.89. The van der Waals surface area contributed by atoms with Gasteiger partial charge in [0.2, 0.25) is 0 Å². The zero-order valence-corrected chi connectivity index (χ0v) is 16.3. The first kappa shape index (κ1) is 23.1. The van der Waals surface area contributed by atoms with Crippen LogP contribution in [-0.2, 0) is 6.18 Å². The Bertz CT molecular complexity index is 1080. The first-order valence-corrected chi connectivity index (χ1v) is 9.72. The molecule has 2 heterocycles. The van der Waals surface area contributed by atoms with E-state index in [4.69, 9.17) is 11.0 Å². The van der Waals surface area contributed by atoms with Crippen molar-refractivity contribution >= 4 is 23.3 Å². The van der Waals surface area contributed by atoms with Gasteiger partial charge in [-0.1, -0.05) is 20.3 Å². The Kier molecular flexibility index (Phi) is 6.12. The number of nitriles is 1. The summed E-state index contributed by atoms with van der Waals surface area (Å²) in [6.45, 7) is 0. The molecule has 1 aliphatic carbocycles. The fourth-order valence-corrected chi connectivity index (χ4v) is 4.39. The van der Waals surface area contributed by atoms with Gasteiger partial charge in [0.15, 0.2) is 0 Å². The van der Waals surface area contributed by atoms with Gasteiger partial charge in [-0.3, -0.25) is 14.6 Å². The molecule has 168 valence electrons. The number of carbonyl (C=O) groups excluding carboxylic acids is 2. The van der Waals surface area contributed by atoms with Crippen LogP contribution in [0.1, 0.15) is 54.7 Å². The van der Waals surface area contributed by atoms with Crippen molar-refractivity contribution in [3.05, 3.63) is 53.3 Å². The Hall–Kier alpha value is -3.61. The molecule has 0 bridgehead atoms. The Balaban J connectivity index is 0.00000289. The number of anilines is 2. The summed E-state index contributed by atoms with van der Waals surface area (Å²) in [4.78, 5) is 31.6. The van der Waals surface area contributed by atoms with Gasteiger partial charge in [-0.15, -0.1) is 0 Å². The van der Waals surface area contributed by atoms with Gasteiger partial charge in [0.1, 0.15) is 5.69 Å². The van der Waals surface area contributed by atoms with E-state index in [1.165, 1.54) is 28.1 Å². The van der Waals surface area contributed by atoms with Crippen molar-refractivity contribution in [2.75, 3.05) is 9.80 Å². The summed E-state index contributed by atoms with van der Waals surface area (Å²) < 4.78 is 40.4. The molecule has 0 spiro atoms. The fourth-order valence-electron chi connectivity index (χ4n) is 4.39. The number of amides is 3. The van der Waals surface area contributed by atoms with Crippen LogP contribution in [0.4, 0.5) is 29.3 Å². The van der Waals surface area contributed by atoms with Gasteiger partial charge in [0.25, 0.3) is 5.91 Å². The van der Waals surface area contributed by atoms with Crippen LogP contribution in [0, 0.1) is 11.3 Å². The van der Waals surface area contributed by atoms with Crippen LogP contribution in [0.25, 0.3) is 0 Å². The molecule has 10 heteroatoms. The van der Waals surface area contributed by atoms with Crippen molar-refractivity contribution in [1.29, 1.82) is 5.26 Å². The fraction of sp³-hybridized carbons (Fsp3) is 0.364. The number of fused-ring (bicyclic) bond motifs is 1. The average molecular weight is 445 g/mol. The number of benzene rings is 1. The minimum atomic E-state index is -4.72. The summed E-state index contributed by atoms with van der Waals surface area (Å²) >= 11 is 0. The van der Waals surface area contributed by atoms with E-state index in [0.717, 1.165) is 25.0 Å². The third-order valence-electron chi connectivity index (χ3n) is 5.76. The third kappa shape index (κ3) is 3.86. The largest absolute Gasteiger partial charge is 0.417 e. The molecule has 1 aromatic carbocycles. The van der Waals surface area contributed by atoms with Crippen molar-refractivity contribution in [1.82, 2.24) is 4.98 Å². The number of alkyl halides is 3. The second kappa shape index (κ2) is 8.49. The summed E-state index contributed by atoms with van der Waals surface area (Å²) in [5, 5.41) is 9.05. The first-order chi connectivity index (χ1) is 14.7. The zero-order valence-electron chi connectivity index (χ0n) is 16.3. The molecule has 1 aromatic heterocycles. The summed E-state index contributed by atoms with van der Waals surface area (Å²) in [7, 11) is 0. The number of pyridine rings is 1. The van der Waals surface area contributed by atoms with Gasteiger partial charge in [-0.2, -0.15) is 18.4 Å². The summed E-state index contributed by atoms with van der Waals surface area (Å²) in [6.07, 6.45) is -0.294. The molecule has 2 fully saturated rings. The number of nitrogens with zero attached hydrogens (tertiary/aromatic N) is 4.